The molecule has 0 saturated heterocycles. The number of hydrogen-bond donors (Lipinski definition) is 1. The molecule has 0 spiro atoms. The Hall–Kier alpha value is -0.900. The standard InChI is InChI=1S/C10H20N4/c1-7(2)10(8(3)11)5-9-6-14(4)13-12-9/h6-8,10H,5,11H2,1-4H3. The van der Waals surface area contributed by atoms with Gasteiger partial charge in [0.2, 0.25) is 0 Å². The van der Waals surface area contributed by atoms with Gasteiger partial charge in [-0.05, 0) is 25.2 Å². The van der Waals surface area contributed by atoms with Crippen LogP contribution in [0.3, 0.4) is 0 Å². The third-order valence-corrected chi connectivity index (χ3v) is 2.63. The lowest BCUT2D eigenvalue weighted by atomic mass is 9.86. The van der Waals surface area contributed by atoms with Crippen LogP contribution in [0.1, 0.15) is 26.5 Å². The molecule has 0 saturated carbocycles. The summed E-state index contributed by atoms with van der Waals surface area (Å²) in [6.45, 7) is 6.45. The zero-order valence-corrected chi connectivity index (χ0v) is 9.44. The highest BCUT2D eigenvalue weighted by Crippen LogP contribution is 2.18. The molecule has 80 valence electrons. The first kappa shape index (κ1) is 11.2. The number of hydrogen-bond acceptors (Lipinski definition) is 3. The Morgan fingerprint density at radius 1 is 1.43 bits per heavy atom. The molecule has 1 heterocycles. The van der Waals surface area contributed by atoms with E-state index in [1.165, 1.54) is 0 Å². The summed E-state index contributed by atoms with van der Waals surface area (Å²) < 4.78 is 1.73. The molecular formula is C10H20N4. The average Bonchev–Trinajstić information content (AvgIpc) is 2.46. The van der Waals surface area contributed by atoms with Gasteiger partial charge in [-0.3, -0.25) is 4.68 Å². The smallest absolute Gasteiger partial charge is 0.0830 e. The van der Waals surface area contributed by atoms with Crippen molar-refractivity contribution >= 4 is 0 Å². The zero-order chi connectivity index (χ0) is 10.7. The van der Waals surface area contributed by atoms with E-state index in [-0.39, 0.29) is 6.04 Å². The lowest BCUT2D eigenvalue weighted by Crippen LogP contribution is -2.32. The van der Waals surface area contributed by atoms with Crippen LogP contribution in [0.4, 0.5) is 0 Å². The largest absolute Gasteiger partial charge is 0.328 e. The summed E-state index contributed by atoms with van der Waals surface area (Å²) in [5.41, 5.74) is 6.97. The fourth-order valence-corrected chi connectivity index (χ4v) is 1.76. The Labute approximate surface area is 85.5 Å². The van der Waals surface area contributed by atoms with Crippen molar-refractivity contribution in [2.45, 2.75) is 33.2 Å². The minimum absolute atomic E-state index is 0.206. The highest BCUT2D eigenvalue weighted by molar-refractivity contribution is 4.95. The molecule has 1 aromatic rings. The molecule has 4 heteroatoms. The van der Waals surface area contributed by atoms with E-state index in [9.17, 15) is 0 Å². The molecule has 0 bridgehead atoms. The van der Waals surface area contributed by atoms with Crippen molar-refractivity contribution in [1.29, 1.82) is 0 Å². The van der Waals surface area contributed by atoms with Gasteiger partial charge in [-0.1, -0.05) is 19.1 Å². The van der Waals surface area contributed by atoms with E-state index in [0.717, 1.165) is 12.1 Å². The van der Waals surface area contributed by atoms with Crippen LogP contribution in [0.25, 0.3) is 0 Å². The molecule has 0 aromatic carbocycles. The van der Waals surface area contributed by atoms with Gasteiger partial charge in [0.25, 0.3) is 0 Å². The van der Waals surface area contributed by atoms with Crippen LogP contribution in [-0.4, -0.2) is 21.0 Å². The summed E-state index contributed by atoms with van der Waals surface area (Å²) in [5.74, 6) is 1.06. The molecule has 2 unspecified atom stereocenters. The summed E-state index contributed by atoms with van der Waals surface area (Å²) in [4.78, 5) is 0. The van der Waals surface area contributed by atoms with E-state index >= 15 is 0 Å². The SMILES string of the molecule is CC(C)C(Cc1cn(C)nn1)C(C)N. The van der Waals surface area contributed by atoms with Crippen LogP contribution in [0.15, 0.2) is 6.20 Å². The maximum absolute atomic E-state index is 5.94. The van der Waals surface area contributed by atoms with E-state index in [1.807, 2.05) is 13.2 Å². The van der Waals surface area contributed by atoms with Crippen LogP contribution in [0, 0.1) is 11.8 Å². The van der Waals surface area contributed by atoms with Crippen molar-refractivity contribution in [3.05, 3.63) is 11.9 Å². The lowest BCUT2D eigenvalue weighted by molar-refractivity contribution is 0.327. The van der Waals surface area contributed by atoms with E-state index in [1.54, 1.807) is 4.68 Å². The summed E-state index contributed by atoms with van der Waals surface area (Å²) in [7, 11) is 1.88. The second-order valence-electron chi connectivity index (χ2n) is 4.35. The van der Waals surface area contributed by atoms with E-state index < -0.39 is 0 Å². The van der Waals surface area contributed by atoms with E-state index in [2.05, 4.69) is 31.1 Å². The van der Waals surface area contributed by atoms with E-state index in [4.69, 9.17) is 5.73 Å². The maximum Gasteiger partial charge on any atom is 0.0830 e. The molecule has 0 aliphatic heterocycles. The third-order valence-electron chi connectivity index (χ3n) is 2.63. The lowest BCUT2D eigenvalue weighted by Gasteiger charge is -2.23. The van der Waals surface area contributed by atoms with Gasteiger partial charge in [0.1, 0.15) is 0 Å². The van der Waals surface area contributed by atoms with Crippen LogP contribution >= 0.6 is 0 Å². The Morgan fingerprint density at radius 2 is 2.07 bits per heavy atom. The number of rotatable bonds is 4. The summed E-state index contributed by atoms with van der Waals surface area (Å²) >= 11 is 0. The van der Waals surface area contributed by atoms with Crippen molar-refractivity contribution in [2.24, 2.45) is 24.6 Å². The highest BCUT2D eigenvalue weighted by atomic mass is 15.4. The predicted molar refractivity (Wildman–Crippen MR) is 56.7 cm³/mol. The van der Waals surface area contributed by atoms with Crippen molar-refractivity contribution in [3.8, 4) is 0 Å². The molecule has 4 nitrogen and oxygen atoms in total. The second-order valence-corrected chi connectivity index (χ2v) is 4.35. The molecule has 0 fully saturated rings. The molecule has 0 amide bonds. The fourth-order valence-electron chi connectivity index (χ4n) is 1.76. The third kappa shape index (κ3) is 2.80. The molecular weight excluding hydrogens is 176 g/mol. The summed E-state index contributed by atoms with van der Waals surface area (Å²) in [5, 5.41) is 7.99. The van der Waals surface area contributed by atoms with Gasteiger partial charge >= 0.3 is 0 Å². The first-order valence-electron chi connectivity index (χ1n) is 5.11. The molecule has 1 rings (SSSR count). The molecule has 0 aliphatic carbocycles. The molecule has 14 heavy (non-hydrogen) atoms. The minimum atomic E-state index is 0.206. The van der Waals surface area contributed by atoms with Crippen LogP contribution < -0.4 is 5.73 Å². The number of aryl methyl sites for hydroxylation is 1. The Morgan fingerprint density at radius 3 is 2.43 bits per heavy atom. The summed E-state index contributed by atoms with van der Waals surface area (Å²) in [6, 6.07) is 0.206. The second kappa shape index (κ2) is 4.55. The molecule has 2 N–H and O–H groups in total. The minimum Gasteiger partial charge on any atom is -0.328 e. The Kier molecular flexibility index (Phi) is 3.63. The van der Waals surface area contributed by atoms with Gasteiger partial charge in [0.15, 0.2) is 0 Å². The van der Waals surface area contributed by atoms with Gasteiger partial charge in [0, 0.05) is 19.3 Å². The van der Waals surface area contributed by atoms with Crippen molar-refractivity contribution < 1.29 is 0 Å². The normalized spacial score (nSPS) is 15.9. The van der Waals surface area contributed by atoms with Crippen molar-refractivity contribution in [2.75, 3.05) is 0 Å². The topological polar surface area (TPSA) is 56.7 Å². The maximum atomic E-state index is 5.94. The van der Waals surface area contributed by atoms with Crippen molar-refractivity contribution in [3.63, 3.8) is 0 Å². The molecule has 0 aliphatic rings. The molecule has 1 aromatic heterocycles. The quantitative estimate of drug-likeness (QED) is 0.781. The zero-order valence-electron chi connectivity index (χ0n) is 9.44. The number of nitrogens with zero attached hydrogens (tertiary/aromatic N) is 3. The number of nitrogens with two attached hydrogens (primary N) is 1. The molecule has 2 atom stereocenters. The first-order valence-corrected chi connectivity index (χ1v) is 5.11. The van der Waals surface area contributed by atoms with Gasteiger partial charge in [-0.15, -0.1) is 5.10 Å². The average molecular weight is 196 g/mol. The summed E-state index contributed by atoms with van der Waals surface area (Å²) in [6.07, 6.45) is 2.88. The van der Waals surface area contributed by atoms with Crippen LogP contribution in [0.2, 0.25) is 0 Å². The first-order chi connectivity index (χ1) is 6.50. The molecule has 0 radical (unpaired) electrons. The monoisotopic (exact) mass is 196 g/mol. The van der Waals surface area contributed by atoms with Crippen LogP contribution in [-0.2, 0) is 13.5 Å². The van der Waals surface area contributed by atoms with Crippen LogP contribution in [0.5, 0.6) is 0 Å². The van der Waals surface area contributed by atoms with Crippen molar-refractivity contribution in [1.82, 2.24) is 15.0 Å². The highest BCUT2D eigenvalue weighted by Gasteiger charge is 2.19. The van der Waals surface area contributed by atoms with Gasteiger partial charge < -0.3 is 5.73 Å². The van der Waals surface area contributed by atoms with Gasteiger partial charge in [-0.2, -0.15) is 0 Å². The number of aromatic nitrogens is 3. The Balaban J connectivity index is 2.64. The van der Waals surface area contributed by atoms with E-state index in [0.29, 0.717) is 11.8 Å². The Bertz CT molecular complexity index is 269. The van der Waals surface area contributed by atoms with Gasteiger partial charge in [0.05, 0.1) is 5.69 Å². The predicted octanol–water partition coefficient (Wildman–Crippen LogP) is 0.977. The van der Waals surface area contributed by atoms with Gasteiger partial charge in [-0.25, -0.2) is 0 Å². The fraction of sp³-hybridized carbons (Fsp3) is 0.800.